The van der Waals surface area contributed by atoms with E-state index in [9.17, 15) is 4.79 Å². The first kappa shape index (κ1) is 19.2. The van der Waals surface area contributed by atoms with Crippen molar-refractivity contribution in [3.8, 4) is 11.4 Å². The van der Waals surface area contributed by atoms with E-state index in [0.29, 0.717) is 29.9 Å². The second-order valence-corrected chi connectivity index (χ2v) is 7.70. The molecule has 1 N–H and O–H groups in total. The summed E-state index contributed by atoms with van der Waals surface area (Å²) in [6.45, 7) is 7.36. The fraction of sp³-hybridized carbons (Fsp3) is 0.350. The summed E-state index contributed by atoms with van der Waals surface area (Å²) in [4.78, 5) is 12.1. The number of nitrogens with zero attached hydrogens (tertiary/aromatic N) is 3. The van der Waals surface area contributed by atoms with E-state index in [2.05, 4.69) is 41.5 Å². The summed E-state index contributed by atoms with van der Waals surface area (Å²) in [5, 5.41) is 12.3. The number of amides is 1. The van der Waals surface area contributed by atoms with Crippen LogP contribution in [0.25, 0.3) is 11.4 Å². The van der Waals surface area contributed by atoms with E-state index >= 15 is 0 Å². The molecule has 2 aromatic heterocycles. The van der Waals surface area contributed by atoms with Crippen LogP contribution >= 0.6 is 11.8 Å². The Labute approximate surface area is 163 Å². The fourth-order valence-corrected chi connectivity index (χ4v) is 3.39. The minimum atomic E-state index is 0.00371. The van der Waals surface area contributed by atoms with E-state index in [4.69, 9.17) is 4.42 Å². The van der Waals surface area contributed by atoms with Gasteiger partial charge in [-0.25, -0.2) is 0 Å². The molecular weight excluding hydrogens is 360 g/mol. The van der Waals surface area contributed by atoms with Gasteiger partial charge in [-0.3, -0.25) is 9.36 Å². The summed E-state index contributed by atoms with van der Waals surface area (Å²) in [7, 11) is 0. The molecule has 6 nitrogen and oxygen atoms in total. The van der Waals surface area contributed by atoms with Crippen LogP contribution in [0.1, 0.15) is 25.2 Å². The number of benzene rings is 1. The lowest BCUT2D eigenvalue weighted by atomic mass is 10.2. The standard InChI is InChI=1S/C20H24N4O2S/c1-14(2)11-21-18(25)13-27-20-23-22-19(17-9-10-26-15(17)3)24(20)12-16-7-5-4-6-8-16/h4-10,14H,11-13H2,1-3H3,(H,21,25). The third-order valence-electron chi connectivity index (χ3n) is 4.04. The van der Waals surface area contributed by atoms with E-state index in [1.807, 2.05) is 35.8 Å². The summed E-state index contributed by atoms with van der Waals surface area (Å²) < 4.78 is 7.47. The van der Waals surface area contributed by atoms with Crippen molar-refractivity contribution in [2.45, 2.75) is 32.5 Å². The van der Waals surface area contributed by atoms with Gasteiger partial charge in [0.05, 0.1) is 24.1 Å². The third kappa shape index (κ3) is 5.01. The topological polar surface area (TPSA) is 72.9 Å². The zero-order chi connectivity index (χ0) is 19.2. The largest absolute Gasteiger partial charge is 0.469 e. The zero-order valence-corrected chi connectivity index (χ0v) is 16.6. The molecule has 0 aliphatic heterocycles. The molecular formula is C20H24N4O2S. The summed E-state index contributed by atoms with van der Waals surface area (Å²) in [5.41, 5.74) is 2.06. The summed E-state index contributed by atoms with van der Waals surface area (Å²) in [5.74, 6) is 2.28. The molecule has 2 heterocycles. The molecule has 3 aromatic rings. The predicted octanol–water partition coefficient (Wildman–Crippen LogP) is 3.76. The molecule has 0 spiro atoms. The van der Waals surface area contributed by atoms with Crippen molar-refractivity contribution in [1.82, 2.24) is 20.1 Å². The van der Waals surface area contributed by atoms with Crippen LogP contribution in [0.2, 0.25) is 0 Å². The summed E-state index contributed by atoms with van der Waals surface area (Å²) in [6, 6.07) is 12.0. The SMILES string of the molecule is Cc1occc1-c1nnc(SCC(=O)NCC(C)C)n1Cc1ccccc1. The maximum Gasteiger partial charge on any atom is 0.230 e. The van der Waals surface area contributed by atoms with Crippen LogP contribution in [0.5, 0.6) is 0 Å². The normalized spacial score (nSPS) is 11.1. The predicted molar refractivity (Wildman–Crippen MR) is 107 cm³/mol. The quantitative estimate of drug-likeness (QED) is 0.599. The number of aryl methyl sites for hydroxylation is 1. The molecule has 0 bridgehead atoms. The highest BCUT2D eigenvalue weighted by molar-refractivity contribution is 7.99. The first-order valence-electron chi connectivity index (χ1n) is 8.95. The maximum absolute atomic E-state index is 12.1. The van der Waals surface area contributed by atoms with Crippen LogP contribution in [-0.2, 0) is 11.3 Å². The Morgan fingerprint density at radius 2 is 2.00 bits per heavy atom. The monoisotopic (exact) mass is 384 g/mol. The third-order valence-corrected chi connectivity index (χ3v) is 5.01. The van der Waals surface area contributed by atoms with Crippen molar-refractivity contribution in [1.29, 1.82) is 0 Å². The highest BCUT2D eigenvalue weighted by Crippen LogP contribution is 2.27. The molecule has 1 amide bonds. The van der Waals surface area contributed by atoms with Crippen LogP contribution in [-0.4, -0.2) is 33.0 Å². The lowest BCUT2D eigenvalue weighted by Gasteiger charge is -2.11. The van der Waals surface area contributed by atoms with Gasteiger partial charge in [0, 0.05) is 6.54 Å². The first-order chi connectivity index (χ1) is 13.0. The molecule has 0 radical (unpaired) electrons. The fourth-order valence-electron chi connectivity index (χ4n) is 2.62. The molecule has 0 fully saturated rings. The highest BCUT2D eigenvalue weighted by atomic mass is 32.2. The minimum absolute atomic E-state index is 0.00371. The van der Waals surface area contributed by atoms with E-state index in [1.165, 1.54) is 11.8 Å². The summed E-state index contributed by atoms with van der Waals surface area (Å²) in [6.07, 6.45) is 1.65. The first-order valence-corrected chi connectivity index (χ1v) is 9.94. The molecule has 0 aliphatic carbocycles. The average molecular weight is 385 g/mol. The highest BCUT2D eigenvalue weighted by Gasteiger charge is 2.18. The van der Waals surface area contributed by atoms with Gasteiger partial charge >= 0.3 is 0 Å². The Hall–Kier alpha value is -2.54. The van der Waals surface area contributed by atoms with Crippen molar-refractivity contribution < 1.29 is 9.21 Å². The number of thioether (sulfide) groups is 1. The molecule has 7 heteroatoms. The van der Waals surface area contributed by atoms with Crippen LogP contribution < -0.4 is 5.32 Å². The van der Waals surface area contributed by atoms with Gasteiger partial charge in [0.1, 0.15) is 5.76 Å². The van der Waals surface area contributed by atoms with Crippen molar-refractivity contribution in [2.75, 3.05) is 12.3 Å². The van der Waals surface area contributed by atoms with Gasteiger partial charge in [-0.05, 0) is 24.5 Å². The number of furan rings is 1. The summed E-state index contributed by atoms with van der Waals surface area (Å²) >= 11 is 1.40. The zero-order valence-electron chi connectivity index (χ0n) is 15.8. The van der Waals surface area contributed by atoms with Crippen molar-refractivity contribution in [3.05, 3.63) is 54.0 Å². The molecule has 0 unspecified atom stereocenters. The molecule has 1 aromatic carbocycles. The smallest absolute Gasteiger partial charge is 0.230 e. The Balaban J connectivity index is 1.82. The number of rotatable bonds is 8. The van der Waals surface area contributed by atoms with Gasteiger partial charge in [-0.1, -0.05) is 55.9 Å². The molecule has 142 valence electrons. The molecule has 27 heavy (non-hydrogen) atoms. The Morgan fingerprint density at radius 3 is 2.67 bits per heavy atom. The van der Waals surface area contributed by atoms with Gasteiger partial charge < -0.3 is 9.73 Å². The van der Waals surface area contributed by atoms with Crippen molar-refractivity contribution in [3.63, 3.8) is 0 Å². The van der Waals surface area contributed by atoms with Gasteiger partial charge in [0.25, 0.3) is 0 Å². The number of hydrogen-bond donors (Lipinski definition) is 1. The molecule has 0 atom stereocenters. The average Bonchev–Trinajstić information content (AvgIpc) is 3.25. The lowest BCUT2D eigenvalue weighted by molar-refractivity contribution is -0.118. The van der Waals surface area contributed by atoms with Gasteiger partial charge in [0.2, 0.25) is 5.91 Å². The van der Waals surface area contributed by atoms with Crippen LogP contribution in [0, 0.1) is 12.8 Å². The van der Waals surface area contributed by atoms with E-state index in [0.717, 1.165) is 22.7 Å². The molecule has 0 saturated heterocycles. The van der Waals surface area contributed by atoms with E-state index in [-0.39, 0.29) is 5.91 Å². The number of aromatic nitrogens is 3. The Kier molecular flexibility index (Phi) is 6.34. The van der Waals surface area contributed by atoms with E-state index < -0.39 is 0 Å². The Bertz CT molecular complexity index is 887. The number of carbonyl (C=O) groups is 1. The van der Waals surface area contributed by atoms with Crippen LogP contribution in [0.15, 0.2) is 52.2 Å². The number of hydrogen-bond acceptors (Lipinski definition) is 5. The van der Waals surface area contributed by atoms with Crippen LogP contribution in [0.3, 0.4) is 0 Å². The second kappa shape index (κ2) is 8.90. The number of nitrogens with one attached hydrogen (secondary N) is 1. The Morgan fingerprint density at radius 1 is 1.22 bits per heavy atom. The van der Waals surface area contributed by atoms with Crippen molar-refractivity contribution >= 4 is 17.7 Å². The maximum atomic E-state index is 12.1. The second-order valence-electron chi connectivity index (χ2n) is 6.75. The van der Waals surface area contributed by atoms with Gasteiger partial charge in [0.15, 0.2) is 11.0 Å². The number of carbonyl (C=O) groups excluding carboxylic acids is 1. The van der Waals surface area contributed by atoms with E-state index in [1.54, 1.807) is 6.26 Å². The van der Waals surface area contributed by atoms with Gasteiger partial charge in [-0.15, -0.1) is 10.2 Å². The van der Waals surface area contributed by atoms with Crippen molar-refractivity contribution in [2.24, 2.45) is 5.92 Å². The van der Waals surface area contributed by atoms with Crippen LogP contribution in [0.4, 0.5) is 0 Å². The lowest BCUT2D eigenvalue weighted by Crippen LogP contribution is -2.28. The molecule has 0 aliphatic rings. The van der Waals surface area contributed by atoms with Gasteiger partial charge in [-0.2, -0.15) is 0 Å². The molecule has 0 saturated carbocycles. The molecule has 3 rings (SSSR count). The minimum Gasteiger partial charge on any atom is -0.469 e.